The molecule has 126 valence electrons. The number of halogens is 2. The highest BCUT2D eigenvalue weighted by Crippen LogP contribution is 2.32. The van der Waals surface area contributed by atoms with Crippen molar-refractivity contribution in [2.24, 2.45) is 0 Å². The van der Waals surface area contributed by atoms with E-state index in [1.54, 1.807) is 0 Å². The first-order valence-electron chi connectivity index (χ1n) is 7.53. The number of phenols is 1. The molecule has 0 aliphatic heterocycles. The van der Waals surface area contributed by atoms with E-state index in [1.807, 2.05) is 48.5 Å². The smallest absolute Gasteiger partial charge is 0.166 e. The second-order valence-corrected chi connectivity index (χ2v) is 6.19. The summed E-state index contributed by atoms with van der Waals surface area (Å²) >= 11 is 3.58. The third-order valence-electron chi connectivity index (χ3n) is 3.75. The Hall–Kier alpha value is -2.66. The van der Waals surface area contributed by atoms with Crippen molar-refractivity contribution >= 4 is 22.2 Å². The molecule has 1 N–H and O–H groups in total. The van der Waals surface area contributed by atoms with Gasteiger partial charge in [-0.05, 0) is 33.1 Å². The van der Waals surface area contributed by atoms with Crippen molar-refractivity contribution < 1.29 is 19.0 Å². The topological polar surface area (TPSA) is 46.5 Å². The van der Waals surface area contributed by atoms with Crippen molar-refractivity contribution in [2.75, 3.05) is 0 Å². The van der Waals surface area contributed by atoms with Crippen molar-refractivity contribution in [3.63, 3.8) is 0 Å². The molecule has 3 aromatic carbocycles. The minimum absolute atomic E-state index is 0.109. The molecule has 0 saturated carbocycles. The lowest BCUT2D eigenvalue weighted by Gasteiger charge is -2.12. The van der Waals surface area contributed by atoms with Gasteiger partial charge in [0.2, 0.25) is 0 Å². The van der Waals surface area contributed by atoms with Gasteiger partial charge in [0, 0.05) is 16.1 Å². The lowest BCUT2D eigenvalue weighted by molar-refractivity contribution is 0.112. The molecule has 3 aromatic rings. The Labute approximate surface area is 152 Å². The molecule has 0 amide bonds. The highest BCUT2D eigenvalue weighted by Gasteiger charge is 2.12. The Morgan fingerprint density at radius 3 is 2.56 bits per heavy atom. The quantitative estimate of drug-likeness (QED) is 0.586. The molecule has 0 fully saturated rings. The number of aldehydes is 1. The summed E-state index contributed by atoms with van der Waals surface area (Å²) in [6.45, 7) is 0.109. The zero-order chi connectivity index (χ0) is 17.8. The van der Waals surface area contributed by atoms with Gasteiger partial charge in [0.15, 0.2) is 17.9 Å². The monoisotopic (exact) mass is 400 g/mol. The third-order valence-corrected chi connectivity index (χ3v) is 4.69. The van der Waals surface area contributed by atoms with Gasteiger partial charge in [-0.2, -0.15) is 0 Å². The van der Waals surface area contributed by atoms with Gasteiger partial charge < -0.3 is 9.84 Å². The van der Waals surface area contributed by atoms with Gasteiger partial charge in [0.1, 0.15) is 12.4 Å². The molecule has 3 nitrogen and oxygen atoms in total. The van der Waals surface area contributed by atoms with Crippen molar-refractivity contribution in [1.29, 1.82) is 0 Å². The number of hydrogen-bond acceptors (Lipinski definition) is 3. The van der Waals surface area contributed by atoms with Crippen LogP contribution in [0.25, 0.3) is 11.1 Å². The Kier molecular flexibility index (Phi) is 5.14. The Morgan fingerprint density at radius 1 is 1.08 bits per heavy atom. The van der Waals surface area contributed by atoms with Crippen LogP contribution in [0.15, 0.2) is 65.1 Å². The molecule has 0 bridgehead atoms. The number of phenolic OH excluding ortho intramolecular Hbond substituents is 1. The molecule has 0 saturated heterocycles. The normalized spacial score (nSPS) is 10.5. The van der Waals surface area contributed by atoms with E-state index in [2.05, 4.69) is 15.9 Å². The van der Waals surface area contributed by atoms with E-state index in [9.17, 15) is 14.3 Å². The number of ether oxygens (including phenoxy) is 1. The molecule has 0 radical (unpaired) electrons. The van der Waals surface area contributed by atoms with E-state index in [-0.39, 0.29) is 23.7 Å². The Bertz CT molecular complexity index is 910. The van der Waals surface area contributed by atoms with E-state index < -0.39 is 5.82 Å². The lowest BCUT2D eigenvalue weighted by atomic mass is 10.0. The number of carbonyl (C=O) groups is 1. The summed E-state index contributed by atoms with van der Waals surface area (Å²) in [5, 5.41) is 9.67. The largest absolute Gasteiger partial charge is 0.507 e. The number of benzene rings is 3. The first kappa shape index (κ1) is 17.2. The van der Waals surface area contributed by atoms with Gasteiger partial charge in [-0.3, -0.25) is 4.79 Å². The van der Waals surface area contributed by atoms with E-state index in [0.717, 1.165) is 33.3 Å². The molecule has 0 spiro atoms. The fourth-order valence-electron chi connectivity index (χ4n) is 2.45. The van der Waals surface area contributed by atoms with Crippen molar-refractivity contribution in [2.45, 2.75) is 6.61 Å². The van der Waals surface area contributed by atoms with Crippen LogP contribution in [-0.4, -0.2) is 11.4 Å². The molecule has 0 aromatic heterocycles. The summed E-state index contributed by atoms with van der Waals surface area (Å²) in [7, 11) is 0. The third kappa shape index (κ3) is 3.72. The number of hydrogen-bond donors (Lipinski definition) is 1. The van der Waals surface area contributed by atoms with E-state index >= 15 is 0 Å². The van der Waals surface area contributed by atoms with Gasteiger partial charge >= 0.3 is 0 Å². The molecule has 0 aliphatic carbocycles. The molecular weight excluding hydrogens is 387 g/mol. The first-order valence-corrected chi connectivity index (χ1v) is 8.32. The van der Waals surface area contributed by atoms with Crippen LogP contribution in [0.4, 0.5) is 4.39 Å². The van der Waals surface area contributed by atoms with Gasteiger partial charge in [0.05, 0.1) is 5.56 Å². The minimum Gasteiger partial charge on any atom is -0.507 e. The number of aromatic hydroxyl groups is 1. The Balaban J connectivity index is 1.85. The maximum atomic E-state index is 14.0. The van der Waals surface area contributed by atoms with E-state index in [0.29, 0.717) is 6.29 Å². The van der Waals surface area contributed by atoms with Crippen LogP contribution < -0.4 is 4.74 Å². The summed E-state index contributed by atoms with van der Waals surface area (Å²) < 4.78 is 20.3. The van der Waals surface area contributed by atoms with Crippen LogP contribution in [0.2, 0.25) is 0 Å². The van der Waals surface area contributed by atoms with Gasteiger partial charge in [-0.25, -0.2) is 4.39 Å². The highest BCUT2D eigenvalue weighted by atomic mass is 79.9. The van der Waals surface area contributed by atoms with Crippen LogP contribution in [-0.2, 0) is 6.61 Å². The molecule has 5 heteroatoms. The van der Waals surface area contributed by atoms with Crippen LogP contribution in [0.3, 0.4) is 0 Å². The van der Waals surface area contributed by atoms with Crippen molar-refractivity contribution in [3.05, 3.63) is 82.1 Å². The van der Waals surface area contributed by atoms with Crippen LogP contribution >= 0.6 is 15.9 Å². The standard InChI is InChI=1S/C20H14BrFO3/c21-20-14(7-4-8-16(20)13-5-2-1-3-6-13)12-25-19-10-18(24)15(11-23)9-17(19)22/h1-11,24H,12H2. The van der Waals surface area contributed by atoms with Crippen LogP contribution in [0, 0.1) is 5.82 Å². The van der Waals surface area contributed by atoms with Gasteiger partial charge in [-0.1, -0.05) is 48.5 Å². The predicted molar refractivity (Wildman–Crippen MR) is 97.4 cm³/mol. The summed E-state index contributed by atoms with van der Waals surface area (Å²) in [6, 6.07) is 17.7. The molecule has 25 heavy (non-hydrogen) atoms. The van der Waals surface area contributed by atoms with Gasteiger partial charge in [0.25, 0.3) is 0 Å². The second kappa shape index (κ2) is 7.49. The summed E-state index contributed by atoms with van der Waals surface area (Å²) in [5.74, 6) is -1.13. The zero-order valence-corrected chi connectivity index (χ0v) is 14.7. The second-order valence-electron chi connectivity index (χ2n) is 5.39. The van der Waals surface area contributed by atoms with Crippen LogP contribution in [0.1, 0.15) is 15.9 Å². The zero-order valence-electron chi connectivity index (χ0n) is 13.1. The Morgan fingerprint density at radius 2 is 1.84 bits per heavy atom. The molecular formula is C20H14BrFO3. The SMILES string of the molecule is O=Cc1cc(F)c(OCc2cccc(-c3ccccc3)c2Br)cc1O. The fraction of sp³-hybridized carbons (Fsp3) is 0.0500. The molecule has 0 aliphatic rings. The van der Waals surface area contributed by atoms with Gasteiger partial charge in [-0.15, -0.1) is 0 Å². The summed E-state index contributed by atoms with van der Waals surface area (Å²) in [6.07, 6.45) is 0.391. The fourth-order valence-corrected chi connectivity index (χ4v) is 3.06. The molecule has 0 atom stereocenters. The maximum absolute atomic E-state index is 14.0. The van der Waals surface area contributed by atoms with E-state index in [1.165, 1.54) is 0 Å². The minimum atomic E-state index is -0.699. The van der Waals surface area contributed by atoms with Crippen LogP contribution in [0.5, 0.6) is 11.5 Å². The number of rotatable bonds is 5. The van der Waals surface area contributed by atoms with E-state index in [4.69, 9.17) is 4.74 Å². The lowest BCUT2D eigenvalue weighted by Crippen LogP contribution is -2.00. The predicted octanol–water partition coefficient (Wildman–Crippen LogP) is 5.35. The molecule has 0 unspecified atom stereocenters. The first-order chi connectivity index (χ1) is 12.1. The van der Waals surface area contributed by atoms with Crippen molar-refractivity contribution in [3.8, 4) is 22.6 Å². The summed E-state index contributed by atoms with van der Waals surface area (Å²) in [4.78, 5) is 10.7. The van der Waals surface area contributed by atoms with Crippen molar-refractivity contribution in [1.82, 2.24) is 0 Å². The summed E-state index contributed by atoms with van der Waals surface area (Å²) in [5.41, 5.74) is 2.77. The number of carbonyl (C=O) groups excluding carboxylic acids is 1. The highest BCUT2D eigenvalue weighted by molar-refractivity contribution is 9.10. The molecule has 0 heterocycles. The molecule has 3 rings (SSSR count). The average molecular weight is 401 g/mol. The average Bonchev–Trinajstić information content (AvgIpc) is 2.63. The maximum Gasteiger partial charge on any atom is 0.166 e.